The Morgan fingerprint density at radius 1 is 1.41 bits per heavy atom. The van der Waals surface area contributed by atoms with Crippen molar-refractivity contribution in [3.8, 4) is 0 Å². The Balaban J connectivity index is 2.30. The van der Waals surface area contributed by atoms with E-state index in [1.807, 2.05) is 0 Å². The third-order valence-corrected chi connectivity index (χ3v) is 4.40. The Morgan fingerprint density at radius 3 is 2.52 bits per heavy atom. The summed E-state index contributed by atoms with van der Waals surface area (Å²) in [6.07, 6.45) is -5.04. The average Bonchev–Trinajstić information content (AvgIpc) is 3.07. The standard InChI is InChI=1S/C14H13F3N4O5S/c1-6-4-8(13(23)26-3)12(27-6)18-9(22)5-20-7(2)10(21(24)25)11(19-20)14(15,16)17/h4H,5H2,1-3H3,(H,18,22). The van der Waals surface area contributed by atoms with Gasteiger partial charge in [-0.2, -0.15) is 18.3 Å². The van der Waals surface area contributed by atoms with Crippen molar-refractivity contribution in [2.24, 2.45) is 0 Å². The number of thiophene rings is 1. The number of rotatable bonds is 5. The third-order valence-electron chi connectivity index (χ3n) is 3.43. The fourth-order valence-electron chi connectivity index (χ4n) is 2.27. The number of nitro groups is 1. The number of carbonyl (C=O) groups excluding carboxylic acids is 2. The lowest BCUT2D eigenvalue weighted by molar-refractivity contribution is -0.388. The molecule has 0 aliphatic heterocycles. The fourth-order valence-corrected chi connectivity index (χ4v) is 3.19. The number of hydrogen-bond acceptors (Lipinski definition) is 7. The van der Waals surface area contributed by atoms with E-state index in [0.29, 0.717) is 9.56 Å². The maximum Gasteiger partial charge on any atom is 0.442 e. The molecule has 1 amide bonds. The highest BCUT2D eigenvalue weighted by Crippen LogP contribution is 2.37. The largest absolute Gasteiger partial charge is 0.465 e. The van der Waals surface area contributed by atoms with E-state index in [9.17, 15) is 32.9 Å². The third kappa shape index (κ3) is 4.24. The van der Waals surface area contributed by atoms with Gasteiger partial charge in [-0.1, -0.05) is 0 Å². The molecule has 0 bridgehead atoms. The number of aromatic nitrogens is 2. The lowest BCUT2D eigenvalue weighted by Crippen LogP contribution is -2.21. The van der Waals surface area contributed by atoms with Crippen molar-refractivity contribution < 1.29 is 32.4 Å². The molecule has 0 atom stereocenters. The number of ether oxygens (including phenoxy) is 1. The molecule has 2 aromatic rings. The van der Waals surface area contributed by atoms with Gasteiger partial charge in [0.2, 0.25) is 11.6 Å². The quantitative estimate of drug-likeness (QED) is 0.464. The molecule has 2 aromatic heterocycles. The Bertz CT molecular complexity index is 919. The fraction of sp³-hybridized carbons (Fsp3) is 0.357. The van der Waals surface area contributed by atoms with E-state index in [2.05, 4.69) is 15.2 Å². The monoisotopic (exact) mass is 406 g/mol. The first-order valence-electron chi connectivity index (χ1n) is 7.23. The molecular weight excluding hydrogens is 393 g/mol. The number of methoxy groups -OCH3 is 1. The van der Waals surface area contributed by atoms with Crippen molar-refractivity contribution in [1.29, 1.82) is 0 Å². The molecule has 0 spiro atoms. The molecule has 0 saturated heterocycles. The van der Waals surface area contributed by atoms with Crippen LogP contribution in [0.2, 0.25) is 0 Å². The highest BCUT2D eigenvalue weighted by atomic mass is 32.1. The van der Waals surface area contributed by atoms with Crippen LogP contribution >= 0.6 is 11.3 Å². The first kappa shape index (κ1) is 20.4. The molecule has 0 aromatic carbocycles. The zero-order chi connectivity index (χ0) is 20.5. The van der Waals surface area contributed by atoms with Gasteiger partial charge in [0.1, 0.15) is 17.2 Å². The van der Waals surface area contributed by atoms with Crippen molar-refractivity contribution in [2.75, 3.05) is 12.4 Å². The maximum absolute atomic E-state index is 12.9. The number of alkyl halides is 3. The number of esters is 1. The second-order valence-electron chi connectivity index (χ2n) is 5.33. The molecule has 0 unspecified atom stereocenters. The van der Waals surface area contributed by atoms with Crippen molar-refractivity contribution in [3.05, 3.63) is 38.0 Å². The predicted octanol–water partition coefficient (Wildman–Crippen LogP) is 2.91. The number of nitrogens with one attached hydrogen (secondary N) is 1. The second kappa shape index (κ2) is 7.34. The molecule has 27 heavy (non-hydrogen) atoms. The number of nitrogens with zero attached hydrogens (tertiary/aromatic N) is 3. The van der Waals surface area contributed by atoms with Gasteiger partial charge in [0.05, 0.1) is 17.6 Å². The molecule has 0 aliphatic carbocycles. The summed E-state index contributed by atoms with van der Waals surface area (Å²) in [7, 11) is 1.16. The summed E-state index contributed by atoms with van der Waals surface area (Å²) < 4.78 is 44.0. The summed E-state index contributed by atoms with van der Waals surface area (Å²) >= 11 is 1.07. The number of amides is 1. The van der Waals surface area contributed by atoms with Gasteiger partial charge in [-0.15, -0.1) is 11.3 Å². The van der Waals surface area contributed by atoms with Crippen LogP contribution in [0.3, 0.4) is 0 Å². The van der Waals surface area contributed by atoms with Crippen molar-refractivity contribution in [2.45, 2.75) is 26.6 Å². The Labute approximate surface area is 153 Å². The van der Waals surface area contributed by atoms with Gasteiger partial charge in [-0.25, -0.2) is 4.79 Å². The summed E-state index contributed by atoms with van der Waals surface area (Å²) in [5.41, 5.74) is -3.22. The van der Waals surface area contributed by atoms with Crippen LogP contribution in [0, 0.1) is 24.0 Å². The van der Waals surface area contributed by atoms with E-state index in [0.717, 1.165) is 25.4 Å². The molecule has 9 nitrogen and oxygen atoms in total. The van der Waals surface area contributed by atoms with Gasteiger partial charge in [-0.3, -0.25) is 19.6 Å². The number of hydrogen-bond donors (Lipinski definition) is 1. The van der Waals surface area contributed by atoms with Crippen molar-refractivity contribution in [1.82, 2.24) is 9.78 Å². The summed E-state index contributed by atoms with van der Waals surface area (Å²) in [5, 5.41) is 16.6. The van der Waals surface area contributed by atoms with Crippen LogP contribution in [0.4, 0.5) is 23.9 Å². The molecule has 146 valence electrons. The van der Waals surface area contributed by atoms with E-state index in [-0.39, 0.29) is 10.6 Å². The average molecular weight is 406 g/mol. The van der Waals surface area contributed by atoms with Crippen LogP contribution in [0.25, 0.3) is 0 Å². The van der Waals surface area contributed by atoms with Crippen LogP contribution in [-0.4, -0.2) is 33.7 Å². The summed E-state index contributed by atoms with van der Waals surface area (Å²) in [4.78, 5) is 34.3. The molecule has 0 radical (unpaired) electrons. The number of halogens is 3. The Kier molecular flexibility index (Phi) is 5.54. The molecule has 13 heteroatoms. The maximum atomic E-state index is 12.9. The van der Waals surface area contributed by atoms with E-state index in [1.165, 1.54) is 6.07 Å². The van der Waals surface area contributed by atoms with E-state index in [4.69, 9.17) is 0 Å². The van der Waals surface area contributed by atoms with Gasteiger partial charge in [0, 0.05) is 4.88 Å². The predicted molar refractivity (Wildman–Crippen MR) is 87.6 cm³/mol. The highest BCUT2D eigenvalue weighted by Gasteiger charge is 2.44. The Morgan fingerprint density at radius 2 is 2.04 bits per heavy atom. The molecule has 0 aliphatic rings. The van der Waals surface area contributed by atoms with Crippen LogP contribution in [0.5, 0.6) is 0 Å². The zero-order valence-corrected chi connectivity index (χ0v) is 15.0. The van der Waals surface area contributed by atoms with Crippen LogP contribution in [0.15, 0.2) is 6.07 Å². The number of carbonyl (C=O) groups is 2. The number of aryl methyl sites for hydroxylation is 1. The second-order valence-corrected chi connectivity index (χ2v) is 6.59. The van der Waals surface area contributed by atoms with Crippen LogP contribution in [0.1, 0.15) is 26.6 Å². The molecule has 2 heterocycles. The first-order valence-corrected chi connectivity index (χ1v) is 8.05. The minimum atomic E-state index is -5.04. The minimum absolute atomic E-state index is 0.0903. The summed E-state index contributed by atoms with van der Waals surface area (Å²) in [6, 6.07) is 1.48. The van der Waals surface area contributed by atoms with Gasteiger partial charge in [-0.05, 0) is 19.9 Å². The molecule has 2 rings (SSSR count). The lowest BCUT2D eigenvalue weighted by Gasteiger charge is -2.06. The van der Waals surface area contributed by atoms with Crippen molar-refractivity contribution in [3.63, 3.8) is 0 Å². The highest BCUT2D eigenvalue weighted by molar-refractivity contribution is 7.16. The van der Waals surface area contributed by atoms with Gasteiger partial charge in [0.15, 0.2) is 0 Å². The van der Waals surface area contributed by atoms with Gasteiger partial charge in [0.25, 0.3) is 0 Å². The molecule has 1 N–H and O–H groups in total. The van der Waals surface area contributed by atoms with E-state index >= 15 is 0 Å². The van der Waals surface area contributed by atoms with Crippen molar-refractivity contribution >= 4 is 33.9 Å². The van der Waals surface area contributed by atoms with Gasteiger partial charge >= 0.3 is 17.8 Å². The smallest absolute Gasteiger partial charge is 0.442 e. The van der Waals surface area contributed by atoms with E-state index in [1.54, 1.807) is 6.92 Å². The zero-order valence-electron chi connectivity index (χ0n) is 14.2. The molecular formula is C14H13F3N4O5S. The van der Waals surface area contributed by atoms with Crippen LogP contribution in [-0.2, 0) is 22.3 Å². The van der Waals surface area contributed by atoms with Crippen LogP contribution < -0.4 is 5.32 Å². The molecule has 0 saturated carbocycles. The van der Waals surface area contributed by atoms with E-state index < -0.39 is 46.6 Å². The number of anilines is 1. The topological polar surface area (TPSA) is 116 Å². The summed E-state index contributed by atoms with van der Waals surface area (Å²) in [5.74, 6) is -1.50. The lowest BCUT2D eigenvalue weighted by atomic mass is 10.3. The summed E-state index contributed by atoms with van der Waals surface area (Å²) in [6.45, 7) is 2.03. The molecule has 0 fully saturated rings. The normalized spacial score (nSPS) is 11.3. The van der Waals surface area contributed by atoms with Gasteiger partial charge < -0.3 is 10.1 Å². The minimum Gasteiger partial charge on any atom is -0.465 e. The first-order chi connectivity index (χ1) is 12.5. The SMILES string of the molecule is COC(=O)c1cc(C)sc1NC(=O)Cn1nc(C(F)(F)F)c([N+](=O)[O-])c1C. The Hall–Kier alpha value is -2.96.